The lowest BCUT2D eigenvalue weighted by atomic mass is 10.1. The highest BCUT2D eigenvalue weighted by molar-refractivity contribution is 5.61. The van der Waals surface area contributed by atoms with E-state index in [1.165, 1.54) is 6.07 Å². The molecule has 6 nitrogen and oxygen atoms in total. The van der Waals surface area contributed by atoms with E-state index in [1.807, 2.05) is 30.0 Å². The smallest absolute Gasteiger partial charge is 0.147 e. The Hall–Kier alpha value is -2.88. The summed E-state index contributed by atoms with van der Waals surface area (Å²) >= 11 is 0. The van der Waals surface area contributed by atoms with Gasteiger partial charge in [0.25, 0.3) is 0 Å². The van der Waals surface area contributed by atoms with Crippen LogP contribution in [0.4, 0.5) is 21.7 Å². The van der Waals surface area contributed by atoms with E-state index < -0.39 is 0 Å². The summed E-state index contributed by atoms with van der Waals surface area (Å²) in [6.07, 6.45) is 1.56. The molecular weight excluding hydrogens is 307 g/mol. The number of nitriles is 1. The third-order valence-corrected chi connectivity index (χ3v) is 4.12. The molecule has 24 heavy (non-hydrogen) atoms. The number of benzene rings is 1. The van der Waals surface area contributed by atoms with Crippen molar-refractivity contribution in [1.29, 1.82) is 5.26 Å². The van der Waals surface area contributed by atoms with Crippen molar-refractivity contribution in [3.63, 3.8) is 0 Å². The Morgan fingerprint density at radius 3 is 2.50 bits per heavy atom. The highest BCUT2D eigenvalue weighted by Crippen LogP contribution is 2.26. The fourth-order valence-corrected chi connectivity index (χ4v) is 2.84. The predicted octanol–water partition coefficient (Wildman–Crippen LogP) is 1.88. The van der Waals surface area contributed by atoms with Gasteiger partial charge < -0.3 is 14.7 Å². The van der Waals surface area contributed by atoms with E-state index in [-0.39, 0.29) is 5.82 Å². The van der Waals surface area contributed by atoms with Crippen LogP contribution in [0.1, 0.15) is 5.56 Å². The summed E-state index contributed by atoms with van der Waals surface area (Å²) in [6, 6.07) is 8.64. The van der Waals surface area contributed by atoms with Crippen molar-refractivity contribution >= 4 is 17.3 Å². The number of halogens is 1. The minimum atomic E-state index is -0.348. The van der Waals surface area contributed by atoms with E-state index in [2.05, 4.69) is 20.9 Å². The van der Waals surface area contributed by atoms with Gasteiger partial charge in [0.2, 0.25) is 0 Å². The number of aromatic nitrogens is 2. The maximum absolute atomic E-state index is 14.2. The molecule has 7 heteroatoms. The largest absolute Gasteiger partial charge is 0.365 e. The lowest BCUT2D eigenvalue weighted by molar-refractivity contribution is 0.595. The third-order valence-electron chi connectivity index (χ3n) is 4.12. The van der Waals surface area contributed by atoms with Crippen molar-refractivity contribution in [2.24, 2.45) is 0 Å². The number of hydrogen-bond donors (Lipinski definition) is 0. The lowest BCUT2D eigenvalue weighted by Gasteiger charge is -2.37. The van der Waals surface area contributed by atoms with Crippen molar-refractivity contribution in [2.45, 2.75) is 0 Å². The second-order valence-corrected chi connectivity index (χ2v) is 5.85. The molecular formula is C17H19FN6. The number of nitrogens with zero attached hydrogens (tertiary/aromatic N) is 6. The molecule has 0 amide bonds. The standard InChI is InChI=1S/C17H19FN6/c1-22(2)15-10-16(21-12-20-15)23-6-8-24(9-7-23)17-13(11-19)4-3-5-14(17)18/h3-5,10,12H,6-9H2,1-2H3. The average Bonchev–Trinajstić information content (AvgIpc) is 2.61. The van der Waals surface area contributed by atoms with Crippen LogP contribution in [0, 0.1) is 17.1 Å². The van der Waals surface area contributed by atoms with Crippen LogP contribution in [0.5, 0.6) is 0 Å². The Labute approximate surface area is 140 Å². The highest BCUT2D eigenvalue weighted by atomic mass is 19.1. The first-order valence-electron chi connectivity index (χ1n) is 7.78. The Bertz CT molecular complexity index is 762. The first-order valence-corrected chi connectivity index (χ1v) is 7.78. The Morgan fingerprint density at radius 1 is 1.12 bits per heavy atom. The number of piperazine rings is 1. The van der Waals surface area contributed by atoms with Gasteiger partial charge in [0.05, 0.1) is 11.3 Å². The first kappa shape index (κ1) is 16.0. The van der Waals surface area contributed by atoms with Gasteiger partial charge in [0, 0.05) is 46.3 Å². The van der Waals surface area contributed by atoms with Crippen LogP contribution >= 0.6 is 0 Å². The summed E-state index contributed by atoms with van der Waals surface area (Å²) in [7, 11) is 3.87. The topological polar surface area (TPSA) is 59.3 Å². The predicted molar refractivity (Wildman–Crippen MR) is 91.9 cm³/mol. The Kier molecular flexibility index (Phi) is 4.47. The van der Waals surface area contributed by atoms with Crippen molar-refractivity contribution < 1.29 is 4.39 Å². The fourth-order valence-electron chi connectivity index (χ4n) is 2.84. The van der Waals surface area contributed by atoms with Crippen molar-refractivity contribution in [3.05, 3.63) is 42.0 Å². The van der Waals surface area contributed by atoms with Crippen LogP contribution in [-0.2, 0) is 0 Å². The molecule has 2 aromatic rings. The number of anilines is 3. The van der Waals surface area contributed by atoms with Crippen LogP contribution in [-0.4, -0.2) is 50.2 Å². The summed E-state index contributed by atoms with van der Waals surface area (Å²) in [6.45, 7) is 2.69. The lowest BCUT2D eigenvalue weighted by Crippen LogP contribution is -2.47. The van der Waals surface area contributed by atoms with E-state index in [1.54, 1.807) is 18.5 Å². The second-order valence-electron chi connectivity index (χ2n) is 5.85. The summed E-state index contributed by atoms with van der Waals surface area (Å²) in [5.74, 6) is 1.37. The molecule has 0 aliphatic carbocycles. The summed E-state index contributed by atoms with van der Waals surface area (Å²) in [5, 5.41) is 9.21. The van der Waals surface area contributed by atoms with Crippen molar-refractivity contribution in [2.75, 3.05) is 55.0 Å². The number of para-hydroxylation sites is 1. The van der Waals surface area contributed by atoms with Crippen molar-refractivity contribution in [3.8, 4) is 6.07 Å². The SMILES string of the molecule is CN(C)c1cc(N2CCN(c3c(F)cccc3C#N)CC2)ncn1. The van der Waals surface area contributed by atoms with E-state index in [4.69, 9.17) is 0 Å². The molecule has 1 aromatic carbocycles. The van der Waals surface area contributed by atoms with E-state index in [0.29, 0.717) is 37.4 Å². The molecule has 1 aliphatic rings. The van der Waals surface area contributed by atoms with Gasteiger partial charge in [-0.3, -0.25) is 0 Å². The van der Waals surface area contributed by atoms with E-state index in [0.717, 1.165) is 11.6 Å². The molecule has 0 saturated carbocycles. The van der Waals surface area contributed by atoms with Crippen LogP contribution in [0.3, 0.4) is 0 Å². The quantitative estimate of drug-likeness (QED) is 0.858. The van der Waals surface area contributed by atoms with Gasteiger partial charge in [-0.2, -0.15) is 5.26 Å². The third kappa shape index (κ3) is 3.08. The van der Waals surface area contributed by atoms with Gasteiger partial charge in [0.15, 0.2) is 0 Å². The fraction of sp³-hybridized carbons (Fsp3) is 0.353. The van der Waals surface area contributed by atoms with Gasteiger partial charge in [0.1, 0.15) is 29.8 Å². The molecule has 0 atom stereocenters. The molecule has 0 N–H and O–H groups in total. The zero-order valence-corrected chi connectivity index (χ0v) is 13.8. The van der Waals surface area contributed by atoms with E-state index >= 15 is 0 Å². The molecule has 0 bridgehead atoms. The molecule has 1 aliphatic heterocycles. The van der Waals surface area contributed by atoms with Gasteiger partial charge in [-0.25, -0.2) is 14.4 Å². The van der Waals surface area contributed by atoms with Crippen LogP contribution < -0.4 is 14.7 Å². The van der Waals surface area contributed by atoms with Gasteiger partial charge >= 0.3 is 0 Å². The Balaban J connectivity index is 1.75. The average molecular weight is 326 g/mol. The number of hydrogen-bond acceptors (Lipinski definition) is 6. The van der Waals surface area contributed by atoms with E-state index in [9.17, 15) is 9.65 Å². The molecule has 2 heterocycles. The Morgan fingerprint density at radius 2 is 1.83 bits per heavy atom. The minimum absolute atomic E-state index is 0.348. The second kappa shape index (κ2) is 6.71. The summed E-state index contributed by atoms with van der Waals surface area (Å²) in [5.41, 5.74) is 0.775. The molecule has 1 aromatic heterocycles. The molecule has 1 saturated heterocycles. The van der Waals surface area contributed by atoms with Crippen LogP contribution in [0.2, 0.25) is 0 Å². The molecule has 0 spiro atoms. The molecule has 3 rings (SSSR count). The maximum Gasteiger partial charge on any atom is 0.147 e. The first-order chi connectivity index (χ1) is 11.6. The number of rotatable bonds is 3. The van der Waals surface area contributed by atoms with Gasteiger partial charge in [-0.05, 0) is 12.1 Å². The molecule has 1 fully saturated rings. The monoisotopic (exact) mass is 326 g/mol. The zero-order chi connectivity index (χ0) is 17.1. The molecule has 0 radical (unpaired) electrons. The maximum atomic E-state index is 14.2. The molecule has 124 valence electrons. The highest BCUT2D eigenvalue weighted by Gasteiger charge is 2.23. The van der Waals surface area contributed by atoms with Gasteiger partial charge in [-0.1, -0.05) is 6.07 Å². The minimum Gasteiger partial charge on any atom is -0.365 e. The molecule has 0 unspecified atom stereocenters. The zero-order valence-electron chi connectivity index (χ0n) is 13.8. The van der Waals surface area contributed by atoms with Crippen molar-refractivity contribution in [1.82, 2.24) is 9.97 Å². The normalized spacial score (nSPS) is 14.4. The summed E-state index contributed by atoms with van der Waals surface area (Å²) < 4.78 is 14.2. The summed E-state index contributed by atoms with van der Waals surface area (Å²) in [4.78, 5) is 14.6. The van der Waals surface area contributed by atoms with Crippen LogP contribution in [0.25, 0.3) is 0 Å². The van der Waals surface area contributed by atoms with Gasteiger partial charge in [-0.15, -0.1) is 0 Å². The van der Waals surface area contributed by atoms with Crippen LogP contribution in [0.15, 0.2) is 30.6 Å².